The van der Waals surface area contributed by atoms with Crippen LogP contribution in [0, 0.1) is 13.8 Å². The van der Waals surface area contributed by atoms with Crippen LogP contribution in [0.4, 0.5) is 5.95 Å². The predicted octanol–water partition coefficient (Wildman–Crippen LogP) is 1.48. The van der Waals surface area contributed by atoms with E-state index in [2.05, 4.69) is 28.3 Å². The average Bonchev–Trinajstić information content (AvgIpc) is 2.70. The summed E-state index contributed by atoms with van der Waals surface area (Å²) in [5, 5.41) is 0. The summed E-state index contributed by atoms with van der Waals surface area (Å²) < 4.78 is 2.37. The van der Waals surface area contributed by atoms with Crippen molar-refractivity contribution in [1.29, 1.82) is 0 Å². The van der Waals surface area contributed by atoms with Gasteiger partial charge in [0.25, 0.3) is 0 Å². The van der Waals surface area contributed by atoms with Crippen LogP contribution in [0.2, 0.25) is 0 Å². The topological polar surface area (TPSA) is 21.1 Å². The second-order valence-electron chi connectivity index (χ2n) is 4.18. The highest BCUT2D eigenvalue weighted by Crippen LogP contribution is 2.33. The minimum Gasteiger partial charge on any atom is -0.337 e. The molecular weight excluding hydrogens is 162 g/mol. The zero-order chi connectivity index (χ0) is 9.00. The lowest BCUT2D eigenvalue weighted by Crippen LogP contribution is -2.25. The molecule has 1 aromatic heterocycles. The van der Waals surface area contributed by atoms with Crippen molar-refractivity contribution in [3.05, 3.63) is 11.4 Å². The van der Waals surface area contributed by atoms with Crippen molar-refractivity contribution in [2.24, 2.45) is 0 Å². The van der Waals surface area contributed by atoms with Crippen LogP contribution in [0.25, 0.3) is 0 Å². The van der Waals surface area contributed by atoms with Crippen LogP contribution in [0.1, 0.15) is 24.2 Å². The van der Waals surface area contributed by atoms with Gasteiger partial charge in [0.15, 0.2) is 0 Å². The number of aryl methyl sites for hydroxylation is 1. The van der Waals surface area contributed by atoms with E-state index in [1.807, 2.05) is 0 Å². The molecule has 1 aromatic rings. The lowest BCUT2D eigenvalue weighted by Gasteiger charge is -2.14. The Kier molecular flexibility index (Phi) is 1.30. The molecule has 0 aromatic carbocycles. The minimum atomic E-state index is 0.752. The van der Waals surface area contributed by atoms with Gasteiger partial charge < -0.3 is 9.47 Å². The van der Waals surface area contributed by atoms with E-state index < -0.39 is 0 Å². The van der Waals surface area contributed by atoms with E-state index in [1.54, 1.807) is 0 Å². The first kappa shape index (κ1) is 7.42. The zero-order valence-corrected chi connectivity index (χ0v) is 8.25. The van der Waals surface area contributed by atoms with Crippen molar-refractivity contribution in [3.8, 4) is 0 Å². The Bertz CT molecular complexity index is 353. The molecule has 3 rings (SSSR count). The summed E-state index contributed by atoms with van der Waals surface area (Å²) in [6.07, 6.45) is 2.69. The third kappa shape index (κ3) is 0.820. The average molecular weight is 177 g/mol. The molecule has 2 aliphatic rings. The van der Waals surface area contributed by atoms with Crippen LogP contribution in [-0.2, 0) is 6.54 Å². The quantitative estimate of drug-likeness (QED) is 0.598. The normalized spacial score (nSPS) is 25.1. The smallest absolute Gasteiger partial charge is 0.206 e. The van der Waals surface area contributed by atoms with Crippen molar-refractivity contribution in [3.63, 3.8) is 0 Å². The number of fused-ring (bicyclic) bond motifs is 3. The van der Waals surface area contributed by atoms with Crippen LogP contribution >= 0.6 is 0 Å². The molecule has 1 saturated heterocycles. The molecule has 13 heavy (non-hydrogen) atoms. The molecule has 0 N–H and O–H groups in total. The fourth-order valence-corrected chi connectivity index (χ4v) is 2.57. The molecule has 3 heterocycles. The zero-order valence-electron chi connectivity index (χ0n) is 8.25. The maximum Gasteiger partial charge on any atom is 0.206 e. The Morgan fingerprint density at radius 2 is 2.23 bits per heavy atom. The maximum absolute atomic E-state index is 4.62. The number of rotatable bonds is 0. The first-order valence-electron chi connectivity index (χ1n) is 5.08. The largest absolute Gasteiger partial charge is 0.337 e. The Morgan fingerprint density at radius 1 is 1.38 bits per heavy atom. The van der Waals surface area contributed by atoms with Gasteiger partial charge in [-0.25, -0.2) is 4.98 Å². The lowest BCUT2D eigenvalue weighted by atomic mass is 10.2. The minimum absolute atomic E-state index is 0.752. The Balaban J connectivity index is 2.11. The summed E-state index contributed by atoms with van der Waals surface area (Å²) >= 11 is 0. The molecule has 70 valence electrons. The van der Waals surface area contributed by atoms with E-state index in [1.165, 1.54) is 43.3 Å². The molecule has 1 fully saturated rings. The number of imidazole rings is 1. The summed E-state index contributed by atoms with van der Waals surface area (Å²) in [5.74, 6) is 1.22. The van der Waals surface area contributed by atoms with E-state index in [0.717, 1.165) is 6.04 Å². The van der Waals surface area contributed by atoms with E-state index in [-0.39, 0.29) is 0 Å². The van der Waals surface area contributed by atoms with Gasteiger partial charge in [-0.05, 0) is 26.7 Å². The molecule has 3 heteroatoms. The molecule has 3 nitrogen and oxygen atoms in total. The summed E-state index contributed by atoms with van der Waals surface area (Å²) in [6.45, 7) is 6.66. The molecule has 0 unspecified atom stereocenters. The van der Waals surface area contributed by atoms with E-state index in [9.17, 15) is 0 Å². The van der Waals surface area contributed by atoms with Crippen molar-refractivity contribution < 1.29 is 0 Å². The highest BCUT2D eigenvalue weighted by atomic mass is 15.4. The fourth-order valence-electron chi connectivity index (χ4n) is 2.57. The number of hydrogen-bond acceptors (Lipinski definition) is 2. The predicted molar refractivity (Wildman–Crippen MR) is 52.1 cm³/mol. The lowest BCUT2D eigenvalue weighted by molar-refractivity contribution is 0.613. The van der Waals surface area contributed by atoms with Gasteiger partial charge in [-0.2, -0.15) is 0 Å². The Hall–Kier alpha value is -0.990. The third-order valence-electron chi connectivity index (χ3n) is 3.46. The highest BCUT2D eigenvalue weighted by Gasteiger charge is 2.35. The van der Waals surface area contributed by atoms with Gasteiger partial charge >= 0.3 is 0 Å². The summed E-state index contributed by atoms with van der Waals surface area (Å²) in [6, 6.07) is 0.752. The molecule has 1 atom stereocenters. The van der Waals surface area contributed by atoms with Gasteiger partial charge in [0, 0.05) is 24.8 Å². The molecule has 0 aliphatic carbocycles. The second kappa shape index (κ2) is 2.28. The van der Waals surface area contributed by atoms with Gasteiger partial charge in [0.05, 0.1) is 5.69 Å². The van der Waals surface area contributed by atoms with Gasteiger partial charge in [-0.3, -0.25) is 0 Å². The first-order valence-corrected chi connectivity index (χ1v) is 5.08. The standard InChI is InChI=1S/C10H15N3/c1-7-8(2)13-6-9-4-3-5-12(9)10(13)11-7/h9H,3-6H2,1-2H3/t9-/m0/s1. The van der Waals surface area contributed by atoms with Crippen molar-refractivity contribution in [2.45, 2.75) is 39.3 Å². The van der Waals surface area contributed by atoms with Crippen molar-refractivity contribution >= 4 is 5.95 Å². The van der Waals surface area contributed by atoms with E-state index in [4.69, 9.17) is 0 Å². The van der Waals surface area contributed by atoms with Gasteiger partial charge in [0.1, 0.15) is 0 Å². The van der Waals surface area contributed by atoms with Crippen molar-refractivity contribution in [2.75, 3.05) is 11.4 Å². The van der Waals surface area contributed by atoms with Crippen LogP contribution in [0.5, 0.6) is 0 Å². The molecule has 0 saturated carbocycles. The van der Waals surface area contributed by atoms with Crippen LogP contribution in [0.15, 0.2) is 0 Å². The van der Waals surface area contributed by atoms with Gasteiger partial charge in [-0.1, -0.05) is 0 Å². The molecular formula is C10H15N3. The van der Waals surface area contributed by atoms with E-state index in [0.29, 0.717) is 0 Å². The number of aromatic nitrogens is 2. The molecule has 0 amide bonds. The number of hydrogen-bond donors (Lipinski definition) is 0. The van der Waals surface area contributed by atoms with Crippen LogP contribution in [0.3, 0.4) is 0 Å². The fraction of sp³-hybridized carbons (Fsp3) is 0.700. The molecule has 0 spiro atoms. The van der Waals surface area contributed by atoms with Crippen molar-refractivity contribution in [1.82, 2.24) is 9.55 Å². The first-order chi connectivity index (χ1) is 6.27. The monoisotopic (exact) mass is 177 g/mol. The van der Waals surface area contributed by atoms with E-state index >= 15 is 0 Å². The third-order valence-corrected chi connectivity index (χ3v) is 3.46. The maximum atomic E-state index is 4.62. The SMILES string of the molecule is Cc1nc2n(c1C)C[C@@H]1CCCN21. The number of anilines is 1. The summed E-state index contributed by atoms with van der Waals surface area (Å²) in [5.41, 5.74) is 2.55. The van der Waals surface area contributed by atoms with Crippen LogP contribution in [-0.4, -0.2) is 22.1 Å². The molecule has 0 bridgehead atoms. The Labute approximate surface area is 78.4 Å². The Morgan fingerprint density at radius 3 is 3.08 bits per heavy atom. The number of nitrogens with zero attached hydrogens (tertiary/aromatic N) is 3. The highest BCUT2D eigenvalue weighted by molar-refractivity contribution is 5.43. The van der Waals surface area contributed by atoms with Gasteiger partial charge in [0.2, 0.25) is 5.95 Å². The van der Waals surface area contributed by atoms with Crippen LogP contribution < -0.4 is 4.90 Å². The van der Waals surface area contributed by atoms with Gasteiger partial charge in [-0.15, -0.1) is 0 Å². The molecule has 0 radical (unpaired) electrons. The second-order valence-corrected chi connectivity index (χ2v) is 4.18. The molecule has 2 aliphatic heterocycles. The summed E-state index contributed by atoms with van der Waals surface area (Å²) in [4.78, 5) is 7.09. The summed E-state index contributed by atoms with van der Waals surface area (Å²) in [7, 11) is 0.